The maximum Gasteiger partial charge on any atom is 0.263 e. The Morgan fingerprint density at radius 2 is 2.04 bits per heavy atom. The van der Waals surface area contributed by atoms with Gasteiger partial charge in [0.15, 0.2) is 0 Å². The van der Waals surface area contributed by atoms with Crippen molar-refractivity contribution in [3.05, 3.63) is 33.7 Å². The molecule has 2 amide bonds. The zero-order chi connectivity index (χ0) is 17.1. The molecule has 1 aromatic heterocycles. The van der Waals surface area contributed by atoms with Gasteiger partial charge >= 0.3 is 0 Å². The molecule has 0 spiro atoms. The molecule has 0 bridgehead atoms. The largest absolute Gasteiger partial charge is 0.376 e. The molecule has 0 radical (unpaired) electrons. The van der Waals surface area contributed by atoms with Crippen LogP contribution in [0.5, 0.6) is 0 Å². The van der Waals surface area contributed by atoms with Gasteiger partial charge in [0, 0.05) is 25.9 Å². The predicted molar refractivity (Wildman–Crippen MR) is 88.2 cm³/mol. The number of pyridine rings is 1. The van der Waals surface area contributed by atoms with Crippen LogP contribution in [0.25, 0.3) is 0 Å². The maximum atomic E-state index is 12.6. The highest BCUT2D eigenvalue weighted by atomic mass is 16.5. The van der Waals surface area contributed by atoms with Crippen LogP contribution in [0.1, 0.15) is 52.8 Å². The molecule has 2 N–H and O–H groups in total. The van der Waals surface area contributed by atoms with Crippen LogP contribution in [-0.2, 0) is 11.3 Å². The Hall–Kier alpha value is -2.15. The van der Waals surface area contributed by atoms with Crippen molar-refractivity contribution in [2.24, 2.45) is 0 Å². The molecule has 130 valence electrons. The van der Waals surface area contributed by atoms with Crippen LogP contribution >= 0.6 is 0 Å². The van der Waals surface area contributed by atoms with E-state index < -0.39 is 11.5 Å². The molecular formula is C17H23N3O4. The van der Waals surface area contributed by atoms with Gasteiger partial charge in [-0.15, -0.1) is 0 Å². The molecule has 1 saturated carbocycles. The minimum absolute atomic E-state index is 0.0169. The second kappa shape index (κ2) is 7.17. The first-order chi connectivity index (χ1) is 11.6. The van der Waals surface area contributed by atoms with E-state index in [1.165, 1.54) is 23.9 Å². The summed E-state index contributed by atoms with van der Waals surface area (Å²) >= 11 is 0. The molecule has 24 heavy (non-hydrogen) atoms. The van der Waals surface area contributed by atoms with Crippen molar-refractivity contribution in [3.8, 4) is 0 Å². The van der Waals surface area contributed by atoms with Gasteiger partial charge in [0.1, 0.15) is 5.56 Å². The van der Waals surface area contributed by atoms with Gasteiger partial charge in [-0.2, -0.15) is 0 Å². The third-order valence-electron chi connectivity index (χ3n) is 4.41. The Balaban J connectivity index is 1.90. The van der Waals surface area contributed by atoms with Crippen LogP contribution in [-0.4, -0.2) is 42.2 Å². The van der Waals surface area contributed by atoms with Gasteiger partial charge in [0.25, 0.3) is 17.4 Å². The Bertz CT molecular complexity index is 688. The summed E-state index contributed by atoms with van der Waals surface area (Å²) in [5, 5.41) is 5.34. The van der Waals surface area contributed by atoms with E-state index in [9.17, 15) is 14.4 Å². The fourth-order valence-electron chi connectivity index (χ4n) is 2.86. The van der Waals surface area contributed by atoms with Crippen LogP contribution in [0.2, 0.25) is 0 Å². The van der Waals surface area contributed by atoms with Gasteiger partial charge in [-0.1, -0.05) is 0 Å². The lowest BCUT2D eigenvalue weighted by molar-refractivity contribution is 0.00533. The van der Waals surface area contributed by atoms with Crippen molar-refractivity contribution in [3.63, 3.8) is 0 Å². The number of amides is 2. The normalized spacial score (nSPS) is 20.5. The first kappa shape index (κ1) is 16.7. The van der Waals surface area contributed by atoms with Gasteiger partial charge < -0.3 is 19.9 Å². The maximum absolute atomic E-state index is 12.6. The quantitative estimate of drug-likeness (QED) is 0.829. The molecule has 7 nitrogen and oxygen atoms in total. The number of nitrogens with one attached hydrogen (secondary N) is 2. The molecule has 2 fully saturated rings. The third kappa shape index (κ3) is 3.84. The number of hydrogen-bond acceptors (Lipinski definition) is 4. The Kier molecular flexibility index (Phi) is 4.99. The van der Waals surface area contributed by atoms with E-state index in [1.54, 1.807) is 0 Å². The fraction of sp³-hybridized carbons (Fsp3) is 0.588. The second-order valence-corrected chi connectivity index (χ2v) is 6.42. The van der Waals surface area contributed by atoms with Crippen LogP contribution in [0.3, 0.4) is 0 Å². The lowest BCUT2D eigenvalue weighted by Gasteiger charge is -2.23. The van der Waals surface area contributed by atoms with Gasteiger partial charge in [0.2, 0.25) is 0 Å². The second-order valence-electron chi connectivity index (χ2n) is 6.42. The van der Waals surface area contributed by atoms with Gasteiger partial charge in [-0.25, -0.2) is 0 Å². The van der Waals surface area contributed by atoms with Crippen LogP contribution in [0.15, 0.2) is 17.1 Å². The summed E-state index contributed by atoms with van der Waals surface area (Å²) in [6.45, 7) is 1.04. The highest BCUT2D eigenvalue weighted by molar-refractivity contribution is 5.99. The minimum Gasteiger partial charge on any atom is -0.376 e. The highest BCUT2D eigenvalue weighted by Gasteiger charge is 2.25. The van der Waals surface area contributed by atoms with E-state index in [0.29, 0.717) is 18.7 Å². The van der Waals surface area contributed by atoms with E-state index in [0.717, 1.165) is 32.1 Å². The summed E-state index contributed by atoms with van der Waals surface area (Å²) in [6, 6.07) is 1.58. The van der Waals surface area contributed by atoms with Gasteiger partial charge in [-0.3, -0.25) is 14.4 Å². The molecule has 1 aliphatic heterocycles. The molecule has 1 unspecified atom stereocenters. The average Bonchev–Trinajstić information content (AvgIpc) is 3.40. The first-order valence-electron chi connectivity index (χ1n) is 8.47. The zero-order valence-electron chi connectivity index (χ0n) is 13.8. The molecule has 0 aromatic carbocycles. The number of hydrogen-bond donors (Lipinski definition) is 2. The smallest absolute Gasteiger partial charge is 0.263 e. The van der Waals surface area contributed by atoms with E-state index in [-0.39, 0.29) is 23.6 Å². The van der Waals surface area contributed by atoms with Crippen molar-refractivity contribution >= 4 is 11.8 Å². The number of carbonyl (C=O) groups is 2. The third-order valence-corrected chi connectivity index (χ3v) is 4.41. The topological polar surface area (TPSA) is 89.4 Å². The standard InChI is InChI=1S/C17H23N3O4/c1-18-16(22)14-8-11(15(21)19-12-5-6-12)9-20(17(14)23)10-13-4-2-3-7-24-13/h8-9,12-13H,2-7,10H2,1H3,(H,18,22)(H,19,21). The van der Waals surface area contributed by atoms with Gasteiger partial charge in [0.05, 0.1) is 18.2 Å². The van der Waals surface area contributed by atoms with Crippen LogP contribution in [0, 0.1) is 0 Å². The lowest BCUT2D eigenvalue weighted by atomic mass is 10.1. The Labute approximate surface area is 140 Å². The van der Waals surface area contributed by atoms with Crippen molar-refractivity contribution in [2.45, 2.75) is 50.8 Å². The predicted octanol–water partition coefficient (Wildman–Crippen LogP) is 0.669. The molecule has 7 heteroatoms. The van der Waals surface area contributed by atoms with Crippen molar-refractivity contribution in [1.82, 2.24) is 15.2 Å². The number of carbonyl (C=O) groups excluding carboxylic acids is 2. The highest BCUT2D eigenvalue weighted by Crippen LogP contribution is 2.19. The average molecular weight is 333 g/mol. The minimum atomic E-state index is -0.487. The van der Waals surface area contributed by atoms with E-state index in [1.807, 2.05) is 0 Å². The van der Waals surface area contributed by atoms with Crippen molar-refractivity contribution < 1.29 is 14.3 Å². The molecular weight excluding hydrogens is 310 g/mol. The summed E-state index contributed by atoms with van der Waals surface area (Å²) in [5.41, 5.74) is -0.0841. The summed E-state index contributed by atoms with van der Waals surface area (Å²) in [7, 11) is 1.47. The summed E-state index contributed by atoms with van der Waals surface area (Å²) in [5.74, 6) is -0.736. The molecule has 3 rings (SSSR count). The molecule has 1 atom stereocenters. The number of aromatic nitrogens is 1. The molecule has 2 heterocycles. The Morgan fingerprint density at radius 3 is 2.67 bits per heavy atom. The number of ether oxygens (including phenoxy) is 1. The monoisotopic (exact) mass is 333 g/mol. The molecule has 1 saturated heterocycles. The van der Waals surface area contributed by atoms with E-state index >= 15 is 0 Å². The van der Waals surface area contributed by atoms with E-state index in [4.69, 9.17) is 4.74 Å². The molecule has 1 aromatic rings. The van der Waals surface area contributed by atoms with Gasteiger partial charge in [-0.05, 0) is 38.2 Å². The Morgan fingerprint density at radius 1 is 1.25 bits per heavy atom. The van der Waals surface area contributed by atoms with Crippen molar-refractivity contribution in [2.75, 3.05) is 13.7 Å². The summed E-state index contributed by atoms with van der Waals surface area (Å²) in [4.78, 5) is 36.9. The van der Waals surface area contributed by atoms with Crippen molar-refractivity contribution in [1.29, 1.82) is 0 Å². The lowest BCUT2D eigenvalue weighted by Crippen LogP contribution is -2.37. The SMILES string of the molecule is CNC(=O)c1cc(C(=O)NC2CC2)cn(CC2CCCCO2)c1=O. The first-order valence-corrected chi connectivity index (χ1v) is 8.47. The molecule has 2 aliphatic rings. The molecule has 1 aliphatic carbocycles. The van der Waals surface area contributed by atoms with E-state index in [2.05, 4.69) is 10.6 Å². The van der Waals surface area contributed by atoms with Crippen LogP contribution in [0.4, 0.5) is 0 Å². The fourth-order valence-corrected chi connectivity index (χ4v) is 2.86. The number of rotatable bonds is 5. The van der Waals surface area contributed by atoms with Crippen LogP contribution < -0.4 is 16.2 Å². The summed E-state index contributed by atoms with van der Waals surface area (Å²) < 4.78 is 7.11. The summed E-state index contributed by atoms with van der Waals surface area (Å²) in [6.07, 6.45) is 6.39. The zero-order valence-corrected chi connectivity index (χ0v) is 13.8. The number of nitrogens with zero attached hydrogens (tertiary/aromatic N) is 1.